The fourth-order valence-electron chi connectivity index (χ4n) is 4.36. The first-order valence-electron chi connectivity index (χ1n) is 10.2. The predicted octanol–water partition coefficient (Wildman–Crippen LogP) is 2.50. The number of nitrogens with one attached hydrogen (secondary N) is 1. The summed E-state index contributed by atoms with van der Waals surface area (Å²) in [6.45, 7) is 4.11. The van der Waals surface area contributed by atoms with E-state index in [0.717, 1.165) is 25.0 Å². The molecular weight excluding hydrogens is 408 g/mol. The number of aromatic hydroxyl groups is 1. The van der Waals surface area contributed by atoms with E-state index < -0.39 is 41.2 Å². The Labute approximate surface area is 177 Å². The van der Waals surface area contributed by atoms with E-state index in [9.17, 15) is 28.3 Å². The quantitative estimate of drug-likeness (QED) is 0.781. The van der Waals surface area contributed by atoms with Crippen LogP contribution in [0.5, 0.6) is 5.75 Å². The molecule has 2 N–H and O–H groups in total. The van der Waals surface area contributed by atoms with E-state index in [1.807, 2.05) is 0 Å². The summed E-state index contributed by atoms with van der Waals surface area (Å²) in [6.07, 6.45) is 2.80. The Morgan fingerprint density at radius 3 is 2.61 bits per heavy atom. The van der Waals surface area contributed by atoms with Crippen LogP contribution in [0.3, 0.4) is 0 Å². The van der Waals surface area contributed by atoms with Gasteiger partial charge in [-0.05, 0) is 43.4 Å². The number of pyridine rings is 1. The number of halogens is 2. The molecule has 0 radical (unpaired) electrons. The zero-order valence-corrected chi connectivity index (χ0v) is 17.2. The highest BCUT2D eigenvalue weighted by Crippen LogP contribution is 2.33. The normalized spacial score (nSPS) is 20.3. The molecule has 1 saturated heterocycles. The topological polar surface area (TPSA) is 91.6 Å². The van der Waals surface area contributed by atoms with Gasteiger partial charge in [0.25, 0.3) is 11.8 Å². The monoisotopic (exact) mass is 431 g/mol. The Balaban J connectivity index is 1.68. The molecular formula is C22H23F2N3O4. The molecule has 2 bridgehead atoms. The van der Waals surface area contributed by atoms with Crippen molar-refractivity contribution >= 4 is 11.8 Å². The molecule has 31 heavy (non-hydrogen) atoms. The molecule has 0 spiro atoms. The molecule has 3 heterocycles. The van der Waals surface area contributed by atoms with Crippen molar-refractivity contribution < 1.29 is 23.5 Å². The number of hydrogen-bond donors (Lipinski definition) is 2. The molecule has 164 valence electrons. The van der Waals surface area contributed by atoms with Crippen LogP contribution in [0.4, 0.5) is 8.78 Å². The molecule has 7 nitrogen and oxygen atoms in total. The van der Waals surface area contributed by atoms with Gasteiger partial charge in [-0.3, -0.25) is 14.4 Å². The van der Waals surface area contributed by atoms with Gasteiger partial charge in [-0.15, -0.1) is 0 Å². The van der Waals surface area contributed by atoms with Crippen molar-refractivity contribution in [2.75, 3.05) is 13.1 Å². The highest BCUT2D eigenvalue weighted by Gasteiger charge is 2.37. The van der Waals surface area contributed by atoms with Crippen LogP contribution < -0.4 is 10.7 Å². The zero-order chi connectivity index (χ0) is 22.4. The number of benzene rings is 1. The summed E-state index contributed by atoms with van der Waals surface area (Å²) < 4.78 is 29.6. The van der Waals surface area contributed by atoms with Gasteiger partial charge in [-0.25, -0.2) is 8.78 Å². The maximum absolute atomic E-state index is 14.1. The van der Waals surface area contributed by atoms with E-state index in [0.29, 0.717) is 24.6 Å². The van der Waals surface area contributed by atoms with Crippen molar-refractivity contribution in [1.29, 1.82) is 0 Å². The van der Waals surface area contributed by atoms with Crippen molar-refractivity contribution in [2.45, 2.75) is 39.3 Å². The third kappa shape index (κ3) is 3.68. The molecule has 2 atom stereocenters. The van der Waals surface area contributed by atoms with Gasteiger partial charge in [0.05, 0.1) is 6.04 Å². The van der Waals surface area contributed by atoms with Crippen LogP contribution in [-0.4, -0.2) is 39.5 Å². The highest BCUT2D eigenvalue weighted by atomic mass is 19.1. The Morgan fingerprint density at radius 1 is 1.26 bits per heavy atom. The average molecular weight is 431 g/mol. The van der Waals surface area contributed by atoms with Crippen LogP contribution >= 0.6 is 0 Å². The van der Waals surface area contributed by atoms with Crippen LogP contribution in [0.2, 0.25) is 0 Å². The van der Waals surface area contributed by atoms with E-state index >= 15 is 0 Å². The molecule has 2 aliphatic heterocycles. The summed E-state index contributed by atoms with van der Waals surface area (Å²) in [4.78, 5) is 39.7. The van der Waals surface area contributed by atoms with Gasteiger partial charge in [0.2, 0.25) is 5.43 Å². The second kappa shape index (κ2) is 7.79. The number of fused-ring (bicyclic) bond motifs is 4. The van der Waals surface area contributed by atoms with Gasteiger partial charge in [0.1, 0.15) is 17.2 Å². The molecule has 4 rings (SSSR count). The summed E-state index contributed by atoms with van der Waals surface area (Å²) >= 11 is 0. The number of carbonyl (C=O) groups excluding carboxylic acids is 2. The fourth-order valence-corrected chi connectivity index (χ4v) is 4.36. The number of aryl methyl sites for hydroxylation is 1. The Hall–Kier alpha value is -3.23. The van der Waals surface area contributed by atoms with E-state index in [2.05, 4.69) is 12.2 Å². The van der Waals surface area contributed by atoms with Crippen LogP contribution in [0.1, 0.15) is 57.8 Å². The SMILES string of the molecule is Cc1cc(F)c(CNC(=O)c2cn3c(c(O)c2=O)C(=O)N2CCC(C)CC3C2)c(F)c1. The second-order valence-corrected chi connectivity index (χ2v) is 8.40. The van der Waals surface area contributed by atoms with Gasteiger partial charge in [0.15, 0.2) is 11.4 Å². The molecule has 1 aromatic heterocycles. The summed E-state index contributed by atoms with van der Waals surface area (Å²) in [5.41, 5.74) is -1.42. The Bertz CT molecular complexity index is 1120. The first kappa shape index (κ1) is 21.0. The van der Waals surface area contributed by atoms with E-state index in [-0.39, 0.29) is 22.9 Å². The lowest BCUT2D eigenvalue weighted by Gasteiger charge is -2.34. The van der Waals surface area contributed by atoms with Crippen molar-refractivity contribution in [1.82, 2.24) is 14.8 Å². The van der Waals surface area contributed by atoms with Crippen molar-refractivity contribution in [3.63, 3.8) is 0 Å². The van der Waals surface area contributed by atoms with Gasteiger partial charge in [0, 0.05) is 31.4 Å². The largest absolute Gasteiger partial charge is 0.503 e. The molecule has 2 aliphatic rings. The maximum Gasteiger partial charge on any atom is 0.274 e. The van der Waals surface area contributed by atoms with Gasteiger partial charge in [-0.1, -0.05) is 6.92 Å². The lowest BCUT2D eigenvalue weighted by molar-refractivity contribution is 0.0677. The van der Waals surface area contributed by atoms with Gasteiger partial charge >= 0.3 is 0 Å². The van der Waals surface area contributed by atoms with Gasteiger partial charge in [-0.2, -0.15) is 0 Å². The van der Waals surface area contributed by atoms with Crippen LogP contribution in [0.15, 0.2) is 23.1 Å². The minimum Gasteiger partial charge on any atom is -0.503 e. The summed E-state index contributed by atoms with van der Waals surface area (Å²) in [6, 6.07) is 2.11. The number of rotatable bonds is 3. The lowest BCUT2D eigenvalue weighted by atomic mass is 9.99. The Kier molecular flexibility index (Phi) is 5.28. The third-order valence-electron chi connectivity index (χ3n) is 6.05. The number of aromatic nitrogens is 1. The van der Waals surface area contributed by atoms with Crippen LogP contribution in [0, 0.1) is 24.5 Å². The molecule has 1 aromatic carbocycles. The summed E-state index contributed by atoms with van der Waals surface area (Å²) in [7, 11) is 0. The first-order chi connectivity index (χ1) is 14.7. The Morgan fingerprint density at radius 2 is 1.94 bits per heavy atom. The van der Waals surface area contributed by atoms with E-state index in [1.165, 1.54) is 10.8 Å². The average Bonchev–Trinajstić information content (AvgIpc) is 2.87. The van der Waals surface area contributed by atoms with Crippen molar-refractivity contribution in [3.8, 4) is 5.75 Å². The zero-order valence-electron chi connectivity index (χ0n) is 17.2. The molecule has 0 aliphatic carbocycles. The molecule has 9 heteroatoms. The molecule has 2 aromatic rings. The second-order valence-electron chi connectivity index (χ2n) is 8.40. The fraction of sp³-hybridized carbons (Fsp3) is 0.409. The summed E-state index contributed by atoms with van der Waals surface area (Å²) in [5.74, 6) is -3.40. The highest BCUT2D eigenvalue weighted by molar-refractivity contribution is 5.99. The van der Waals surface area contributed by atoms with E-state index in [1.54, 1.807) is 11.8 Å². The number of carbonyl (C=O) groups is 2. The number of nitrogens with zero attached hydrogens (tertiary/aromatic N) is 2. The van der Waals surface area contributed by atoms with Crippen molar-refractivity contribution in [3.05, 3.63) is 62.6 Å². The first-order valence-corrected chi connectivity index (χ1v) is 10.2. The van der Waals surface area contributed by atoms with Crippen molar-refractivity contribution in [2.24, 2.45) is 5.92 Å². The predicted molar refractivity (Wildman–Crippen MR) is 108 cm³/mol. The molecule has 0 saturated carbocycles. The smallest absolute Gasteiger partial charge is 0.274 e. The molecule has 2 unspecified atom stereocenters. The van der Waals surface area contributed by atoms with Crippen LogP contribution in [-0.2, 0) is 6.54 Å². The number of hydrogen-bond acceptors (Lipinski definition) is 4. The molecule has 1 fully saturated rings. The standard InChI is InChI=1S/C22H23F2N3O4/c1-11-3-4-26-9-13(5-11)27-10-15(19(28)20(29)18(27)22(26)31)21(30)25-8-14-16(23)6-12(2)7-17(14)24/h6-7,10-11,13,29H,3-5,8-9H2,1-2H3,(H,25,30). The van der Waals surface area contributed by atoms with Crippen LogP contribution in [0.25, 0.3) is 0 Å². The molecule has 2 amide bonds. The minimum atomic E-state index is -0.991. The lowest BCUT2D eigenvalue weighted by Crippen LogP contribution is -2.44. The van der Waals surface area contributed by atoms with E-state index in [4.69, 9.17) is 0 Å². The minimum absolute atomic E-state index is 0.123. The maximum atomic E-state index is 14.1. The third-order valence-corrected chi connectivity index (χ3v) is 6.05. The van der Waals surface area contributed by atoms with Gasteiger partial charge < -0.3 is 19.9 Å². The summed E-state index contributed by atoms with van der Waals surface area (Å²) in [5, 5.41) is 12.8. The number of amides is 2.